The van der Waals surface area contributed by atoms with Crippen LogP contribution in [0.1, 0.15) is 23.6 Å². The van der Waals surface area contributed by atoms with E-state index in [1.807, 2.05) is 49.4 Å². The number of hydrogen-bond acceptors (Lipinski definition) is 5. The zero-order valence-corrected chi connectivity index (χ0v) is 19.7. The van der Waals surface area contributed by atoms with Gasteiger partial charge in [-0.15, -0.1) is 0 Å². The zero-order valence-electron chi connectivity index (χ0n) is 18.9. The molecule has 0 saturated carbocycles. The Labute approximate surface area is 207 Å². The van der Waals surface area contributed by atoms with Crippen LogP contribution in [0.2, 0.25) is 5.02 Å². The minimum absolute atomic E-state index is 0.0890. The van der Waals surface area contributed by atoms with Crippen LogP contribution in [0.3, 0.4) is 0 Å². The molecule has 6 nitrogen and oxygen atoms in total. The summed E-state index contributed by atoms with van der Waals surface area (Å²) in [5.41, 5.74) is 2.24. The fourth-order valence-electron chi connectivity index (χ4n) is 3.78. The van der Waals surface area contributed by atoms with Crippen LogP contribution in [-0.2, 0) is 6.61 Å². The summed E-state index contributed by atoms with van der Waals surface area (Å²) in [5.74, 6) is 0.857. The van der Waals surface area contributed by atoms with E-state index in [4.69, 9.17) is 21.1 Å². The maximum absolute atomic E-state index is 11.1. The topological polar surface area (TPSA) is 85.4 Å². The first-order chi connectivity index (χ1) is 17.0. The van der Waals surface area contributed by atoms with Crippen LogP contribution in [0.25, 0.3) is 22.4 Å². The number of allylic oxidation sites excluding steroid dienone is 1. The number of halogens is 1. The first-order valence-corrected chi connectivity index (χ1v) is 11.3. The number of non-ortho nitro benzene ring substituents is 1. The summed E-state index contributed by atoms with van der Waals surface area (Å²) >= 11 is 6.59. The highest BCUT2D eigenvalue weighted by molar-refractivity contribution is 6.32. The van der Waals surface area contributed by atoms with Gasteiger partial charge in [0.05, 0.1) is 28.2 Å². The van der Waals surface area contributed by atoms with Crippen LogP contribution >= 0.6 is 11.6 Å². The lowest BCUT2D eigenvalue weighted by Crippen LogP contribution is -2.01. The van der Waals surface area contributed by atoms with E-state index >= 15 is 0 Å². The van der Waals surface area contributed by atoms with Crippen LogP contribution in [0, 0.1) is 21.4 Å². The highest BCUT2D eigenvalue weighted by Gasteiger charge is 2.15. The molecule has 174 valence electrons. The van der Waals surface area contributed by atoms with E-state index in [-0.39, 0.29) is 11.3 Å². The molecule has 7 heteroatoms. The number of fused-ring (bicyclic) bond motifs is 1. The summed E-state index contributed by atoms with van der Waals surface area (Å²) in [6.45, 7) is 2.55. The van der Waals surface area contributed by atoms with Crippen molar-refractivity contribution in [2.24, 2.45) is 0 Å². The van der Waals surface area contributed by atoms with Crippen molar-refractivity contribution in [1.29, 1.82) is 5.26 Å². The number of nitrogens with zero attached hydrogens (tertiary/aromatic N) is 2. The molecule has 0 aliphatic carbocycles. The van der Waals surface area contributed by atoms with Crippen LogP contribution in [0.15, 0.2) is 78.9 Å². The summed E-state index contributed by atoms with van der Waals surface area (Å²) in [4.78, 5) is 10.6. The van der Waals surface area contributed by atoms with Gasteiger partial charge in [-0.3, -0.25) is 10.1 Å². The molecule has 0 heterocycles. The maximum Gasteiger partial charge on any atom is 0.270 e. The van der Waals surface area contributed by atoms with Crippen molar-refractivity contribution in [2.45, 2.75) is 13.5 Å². The van der Waals surface area contributed by atoms with Crippen molar-refractivity contribution >= 4 is 39.7 Å². The number of benzene rings is 4. The second kappa shape index (κ2) is 10.7. The zero-order chi connectivity index (χ0) is 24.8. The Balaban J connectivity index is 1.67. The molecule has 0 aliphatic heterocycles. The molecule has 0 saturated heterocycles. The van der Waals surface area contributed by atoms with E-state index in [9.17, 15) is 15.4 Å². The summed E-state index contributed by atoms with van der Waals surface area (Å²) < 4.78 is 11.9. The molecule has 4 aromatic carbocycles. The highest BCUT2D eigenvalue weighted by atomic mass is 35.5. The SMILES string of the molecule is CCOc1cc(C=C(C#N)c2cccc([N+](=O)[O-])c2)cc(Cl)c1OCc1cccc2ccccc12. The lowest BCUT2D eigenvalue weighted by molar-refractivity contribution is -0.384. The quantitative estimate of drug-likeness (QED) is 0.112. The first-order valence-electron chi connectivity index (χ1n) is 10.9. The number of ether oxygens (including phenoxy) is 2. The summed E-state index contributed by atoms with van der Waals surface area (Å²) in [6, 6.07) is 25.6. The number of nitro benzene ring substituents is 1. The van der Waals surface area contributed by atoms with Gasteiger partial charge >= 0.3 is 0 Å². The lowest BCUT2D eigenvalue weighted by atomic mass is 10.0. The molecule has 0 radical (unpaired) electrons. The molecule has 0 bridgehead atoms. The van der Waals surface area contributed by atoms with Crippen LogP contribution in [0.4, 0.5) is 5.69 Å². The first kappa shape index (κ1) is 23.8. The standard InChI is InChI=1S/C28H21ClN2O4/c1-2-34-27-15-19(13-23(17-30)21-9-6-11-24(16-21)31(32)33)14-26(29)28(27)35-18-22-10-5-8-20-7-3-4-12-25(20)22/h3-16H,2,18H2,1H3. The van der Waals surface area contributed by atoms with Crippen molar-refractivity contribution in [1.82, 2.24) is 0 Å². The van der Waals surface area contributed by atoms with Gasteiger partial charge in [-0.1, -0.05) is 66.2 Å². The molecule has 0 spiro atoms. The molecule has 0 aliphatic rings. The van der Waals surface area contributed by atoms with E-state index in [0.717, 1.165) is 16.3 Å². The van der Waals surface area contributed by atoms with E-state index in [1.165, 1.54) is 12.1 Å². The fraction of sp³-hybridized carbons (Fsp3) is 0.107. The molecule has 0 fully saturated rings. The summed E-state index contributed by atoms with van der Waals surface area (Å²) in [5, 5.41) is 23.3. The van der Waals surface area contributed by atoms with Crippen LogP contribution in [-0.4, -0.2) is 11.5 Å². The van der Waals surface area contributed by atoms with E-state index in [2.05, 4.69) is 6.07 Å². The average Bonchev–Trinajstić information content (AvgIpc) is 2.87. The third-order valence-electron chi connectivity index (χ3n) is 5.38. The van der Waals surface area contributed by atoms with Crippen molar-refractivity contribution < 1.29 is 14.4 Å². The van der Waals surface area contributed by atoms with Gasteiger partial charge in [-0.2, -0.15) is 5.26 Å². The third-order valence-corrected chi connectivity index (χ3v) is 5.66. The van der Waals surface area contributed by atoms with Gasteiger partial charge in [-0.05, 0) is 52.6 Å². The van der Waals surface area contributed by atoms with E-state index < -0.39 is 4.92 Å². The molecule has 0 N–H and O–H groups in total. The van der Waals surface area contributed by atoms with E-state index in [1.54, 1.807) is 30.3 Å². The minimum atomic E-state index is -0.495. The monoisotopic (exact) mass is 484 g/mol. The molecular weight excluding hydrogens is 464 g/mol. The normalized spacial score (nSPS) is 11.2. The van der Waals surface area contributed by atoms with Crippen molar-refractivity contribution in [3.63, 3.8) is 0 Å². The Kier molecular flexibility index (Phi) is 7.30. The molecule has 0 amide bonds. The molecule has 35 heavy (non-hydrogen) atoms. The Morgan fingerprint density at radius 2 is 1.83 bits per heavy atom. The Morgan fingerprint density at radius 3 is 2.60 bits per heavy atom. The van der Waals surface area contributed by atoms with Crippen molar-refractivity contribution in [3.05, 3.63) is 111 Å². The third kappa shape index (κ3) is 5.43. The molecular formula is C28H21ClN2O4. The van der Waals surface area contributed by atoms with Gasteiger partial charge < -0.3 is 9.47 Å². The smallest absolute Gasteiger partial charge is 0.270 e. The fourth-order valence-corrected chi connectivity index (χ4v) is 4.05. The summed E-state index contributed by atoms with van der Waals surface area (Å²) in [7, 11) is 0. The Bertz CT molecular complexity index is 1470. The predicted molar refractivity (Wildman–Crippen MR) is 137 cm³/mol. The largest absolute Gasteiger partial charge is 0.490 e. The molecule has 0 aromatic heterocycles. The molecule has 0 atom stereocenters. The van der Waals surface area contributed by atoms with Gasteiger partial charge in [0.15, 0.2) is 11.5 Å². The van der Waals surface area contributed by atoms with E-state index in [0.29, 0.717) is 40.9 Å². The molecule has 4 aromatic rings. The summed E-state index contributed by atoms with van der Waals surface area (Å²) in [6.07, 6.45) is 1.61. The average molecular weight is 485 g/mol. The minimum Gasteiger partial charge on any atom is -0.490 e. The van der Waals surface area contributed by atoms with Gasteiger partial charge in [0, 0.05) is 12.1 Å². The Hall–Kier alpha value is -4.34. The second-order valence-corrected chi connectivity index (χ2v) is 8.07. The number of nitro groups is 1. The predicted octanol–water partition coefficient (Wildman–Crippen LogP) is 7.44. The van der Waals surface area contributed by atoms with Gasteiger partial charge in [0.25, 0.3) is 5.69 Å². The van der Waals surface area contributed by atoms with Crippen molar-refractivity contribution in [2.75, 3.05) is 6.61 Å². The maximum atomic E-state index is 11.1. The van der Waals surface area contributed by atoms with Gasteiger partial charge in [0.1, 0.15) is 6.61 Å². The highest BCUT2D eigenvalue weighted by Crippen LogP contribution is 2.38. The number of nitriles is 1. The molecule has 4 rings (SSSR count). The second-order valence-electron chi connectivity index (χ2n) is 7.67. The van der Waals surface area contributed by atoms with Gasteiger partial charge in [-0.25, -0.2) is 0 Å². The number of rotatable bonds is 8. The van der Waals surface area contributed by atoms with Gasteiger partial charge in [0.2, 0.25) is 0 Å². The van der Waals surface area contributed by atoms with Crippen LogP contribution in [0.5, 0.6) is 11.5 Å². The Morgan fingerprint density at radius 1 is 1.06 bits per heavy atom. The number of hydrogen-bond donors (Lipinski definition) is 0. The molecule has 0 unspecified atom stereocenters. The van der Waals surface area contributed by atoms with Crippen LogP contribution < -0.4 is 9.47 Å². The van der Waals surface area contributed by atoms with Crippen molar-refractivity contribution in [3.8, 4) is 17.6 Å². The lowest BCUT2D eigenvalue weighted by Gasteiger charge is -2.15.